The first-order valence-corrected chi connectivity index (χ1v) is 5.96. The molecule has 0 aromatic heterocycles. The van der Waals surface area contributed by atoms with Gasteiger partial charge in [0, 0.05) is 0 Å². The molecule has 0 saturated carbocycles. The normalized spacial score (nSPS) is 12.4. The molecule has 0 aliphatic rings. The summed E-state index contributed by atoms with van der Waals surface area (Å²) in [6.07, 6.45) is 4.45. The zero-order chi connectivity index (χ0) is 12.0. The summed E-state index contributed by atoms with van der Waals surface area (Å²) < 4.78 is 0. The average molecular weight is 220 g/mol. The molecule has 0 aliphatic carbocycles. The first-order chi connectivity index (χ1) is 7.65. The number of rotatable bonds is 6. The van der Waals surface area contributed by atoms with Gasteiger partial charge in [0.1, 0.15) is 0 Å². The molecule has 88 valence electrons. The summed E-state index contributed by atoms with van der Waals surface area (Å²) in [6, 6.07) is 7.30. The third-order valence-corrected chi connectivity index (χ3v) is 2.87. The number of unbranched alkanes of at least 4 members (excludes halogenated alkanes) is 1. The standard InChI is InChI=1S/C14H20O2/c1-3-4-7-11(2)10-12-8-5-6-9-13(12)14(15)16/h5-6,8-9,11H,3-4,7,10H2,1-2H3,(H,15,16)/t11-/m0/s1. The average Bonchev–Trinajstić information content (AvgIpc) is 2.27. The van der Waals surface area contributed by atoms with E-state index in [1.807, 2.05) is 12.1 Å². The second kappa shape index (κ2) is 6.31. The van der Waals surface area contributed by atoms with E-state index in [0.29, 0.717) is 11.5 Å². The molecule has 0 saturated heterocycles. The number of carbonyl (C=O) groups is 1. The first kappa shape index (κ1) is 12.8. The highest BCUT2D eigenvalue weighted by Crippen LogP contribution is 2.17. The van der Waals surface area contributed by atoms with Crippen LogP contribution in [0.3, 0.4) is 0 Å². The van der Waals surface area contributed by atoms with Crippen LogP contribution in [0.2, 0.25) is 0 Å². The van der Waals surface area contributed by atoms with Crippen molar-refractivity contribution in [3.05, 3.63) is 35.4 Å². The van der Waals surface area contributed by atoms with Gasteiger partial charge in [-0.3, -0.25) is 0 Å². The molecule has 0 aliphatic heterocycles. The molecular formula is C14H20O2. The third-order valence-electron chi connectivity index (χ3n) is 2.87. The Morgan fingerprint density at radius 1 is 1.38 bits per heavy atom. The van der Waals surface area contributed by atoms with Crippen LogP contribution in [0.4, 0.5) is 0 Å². The lowest BCUT2D eigenvalue weighted by Gasteiger charge is -2.12. The van der Waals surface area contributed by atoms with Gasteiger partial charge >= 0.3 is 5.97 Å². The minimum absolute atomic E-state index is 0.450. The molecule has 0 fully saturated rings. The lowest BCUT2D eigenvalue weighted by molar-refractivity contribution is 0.0695. The van der Waals surface area contributed by atoms with E-state index in [2.05, 4.69) is 13.8 Å². The fourth-order valence-electron chi connectivity index (χ4n) is 1.94. The fourth-order valence-corrected chi connectivity index (χ4v) is 1.94. The SMILES string of the molecule is CCCC[C@H](C)Cc1ccccc1C(=O)O. The second-order valence-corrected chi connectivity index (χ2v) is 4.41. The maximum Gasteiger partial charge on any atom is 0.335 e. The van der Waals surface area contributed by atoms with Gasteiger partial charge in [0.05, 0.1) is 5.56 Å². The van der Waals surface area contributed by atoms with Crippen molar-refractivity contribution >= 4 is 5.97 Å². The van der Waals surface area contributed by atoms with Crippen LogP contribution in [0.1, 0.15) is 49.0 Å². The third kappa shape index (κ3) is 3.69. The van der Waals surface area contributed by atoms with E-state index in [9.17, 15) is 4.79 Å². The van der Waals surface area contributed by atoms with Crippen molar-refractivity contribution in [2.24, 2.45) is 5.92 Å². The van der Waals surface area contributed by atoms with Gasteiger partial charge < -0.3 is 5.11 Å². The van der Waals surface area contributed by atoms with E-state index in [1.54, 1.807) is 12.1 Å². The fraction of sp³-hybridized carbons (Fsp3) is 0.500. The van der Waals surface area contributed by atoms with Crippen LogP contribution in [0.25, 0.3) is 0 Å². The van der Waals surface area contributed by atoms with Crippen molar-refractivity contribution < 1.29 is 9.90 Å². The van der Waals surface area contributed by atoms with Crippen molar-refractivity contribution in [2.45, 2.75) is 39.5 Å². The zero-order valence-corrected chi connectivity index (χ0v) is 10.1. The van der Waals surface area contributed by atoms with Crippen LogP contribution >= 0.6 is 0 Å². The Kier molecular flexibility index (Phi) is 5.03. The Morgan fingerprint density at radius 3 is 2.69 bits per heavy atom. The Balaban J connectivity index is 2.69. The minimum atomic E-state index is -0.821. The van der Waals surface area contributed by atoms with E-state index in [4.69, 9.17) is 5.11 Å². The van der Waals surface area contributed by atoms with Crippen molar-refractivity contribution in [3.63, 3.8) is 0 Å². The first-order valence-electron chi connectivity index (χ1n) is 5.96. The molecule has 2 heteroatoms. The Morgan fingerprint density at radius 2 is 2.06 bits per heavy atom. The molecule has 1 aromatic carbocycles. The van der Waals surface area contributed by atoms with E-state index in [1.165, 1.54) is 19.3 Å². The molecule has 0 amide bonds. The molecule has 0 heterocycles. The van der Waals surface area contributed by atoms with E-state index in [-0.39, 0.29) is 0 Å². The van der Waals surface area contributed by atoms with Gasteiger partial charge in [-0.15, -0.1) is 0 Å². The predicted octanol–water partition coefficient (Wildman–Crippen LogP) is 3.75. The maximum absolute atomic E-state index is 11.0. The highest BCUT2D eigenvalue weighted by molar-refractivity contribution is 5.89. The van der Waals surface area contributed by atoms with Crippen LogP contribution in [0.5, 0.6) is 0 Å². The minimum Gasteiger partial charge on any atom is -0.478 e. The van der Waals surface area contributed by atoms with Crippen molar-refractivity contribution in [1.29, 1.82) is 0 Å². The summed E-state index contributed by atoms with van der Waals surface area (Å²) in [5.41, 5.74) is 1.41. The Bertz CT molecular complexity index is 344. The van der Waals surface area contributed by atoms with Gasteiger partial charge in [-0.05, 0) is 24.0 Å². The molecular weight excluding hydrogens is 200 g/mol. The quantitative estimate of drug-likeness (QED) is 0.792. The second-order valence-electron chi connectivity index (χ2n) is 4.41. The Labute approximate surface area is 97.3 Å². The highest BCUT2D eigenvalue weighted by Gasteiger charge is 2.11. The van der Waals surface area contributed by atoms with Gasteiger partial charge in [-0.25, -0.2) is 4.79 Å². The Hall–Kier alpha value is -1.31. The van der Waals surface area contributed by atoms with Gasteiger partial charge in [0.15, 0.2) is 0 Å². The van der Waals surface area contributed by atoms with Crippen molar-refractivity contribution in [2.75, 3.05) is 0 Å². The van der Waals surface area contributed by atoms with Gasteiger partial charge in [0.2, 0.25) is 0 Å². The number of aromatic carboxylic acids is 1. The number of hydrogen-bond acceptors (Lipinski definition) is 1. The van der Waals surface area contributed by atoms with Crippen LogP contribution in [-0.4, -0.2) is 11.1 Å². The molecule has 16 heavy (non-hydrogen) atoms. The topological polar surface area (TPSA) is 37.3 Å². The molecule has 0 bridgehead atoms. The van der Waals surface area contributed by atoms with Gasteiger partial charge in [-0.2, -0.15) is 0 Å². The molecule has 1 rings (SSSR count). The summed E-state index contributed by atoms with van der Waals surface area (Å²) >= 11 is 0. The van der Waals surface area contributed by atoms with Crippen LogP contribution < -0.4 is 0 Å². The number of carboxylic acids is 1. The van der Waals surface area contributed by atoms with Gasteiger partial charge in [-0.1, -0.05) is 51.3 Å². The van der Waals surface area contributed by atoms with E-state index >= 15 is 0 Å². The van der Waals surface area contributed by atoms with E-state index < -0.39 is 5.97 Å². The molecule has 2 nitrogen and oxygen atoms in total. The zero-order valence-electron chi connectivity index (χ0n) is 10.1. The largest absolute Gasteiger partial charge is 0.478 e. The van der Waals surface area contributed by atoms with Crippen LogP contribution in [0.15, 0.2) is 24.3 Å². The van der Waals surface area contributed by atoms with Crippen molar-refractivity contribution in [1.82, 2.24) is 0 Å². The lowest BCUT2D eigenvalue weighted by Crippen LogP contribution is -2.06. The monoisotopic (exact) mass is 220 g/mol. The number of carboxylic acid groups (broad SMARTS) is 1. The molecule has 1 aromatic rings. The van der Waals surface area contributed by atoms with Gasteiger partial charge in [0.25, 0.3) is 0 Å². The summed E-state index contributed by atoms with van der Waals surface area (Å²) in [4.78, 5) is 11.0. The molecule has 0 unspecified atom stereocenters. The summed E-state index contributed by atoms with van der Waals surface area (Å²) in [7, 11) is 0. The molecule has 0 radical (unpaired) electrons. The molecule has 1 N–H and O–H groups in total. The predicted molar refractivity (Wildman–Crippen MR) is 65.8 cm³/mol. The van der Waals surface area contributed by atoms with Crippen molar-refractivity contribution in [3.8, 4) is 0 Å². The summed E-state index contributed by atoms with van der Waals surface area (Å²) in [5, 5.41) is 9.05. The highest BCUT2D eigenvalue weighted by atomic mass is 16.4. The number of benzene rings is 1. The summed E-state index contributed by atoms with van der Waals surface area (Å²) in [5.74, 6) is -0.265. The summed E-state index contributed by atoms with van der Waals surface area (Å²) in [6.45, 7) is 4.37. The van der Waals surface area contributed by atoms with Crippen LogP contribution in [-0.2, 0) is 6.42 Å². The number of hydrogen-bond donors (Lipinski definition) is 1. The lowest BCUT2D eigenvalue weighted by atomic mass is 9.93. The van der Waals surface area contributed by atoms with E-state index in [0.717, 1.165) is 12.0 Å². The molecule has 1 atom stereocenters. The smallest absolute Gasteiger partial charge is 0.335 e. The van der Waals surface area contributed by atoms with Crippen LogP contribution in [0, 0.1) is 5.92 Å². The maximum atomic E-state index is 11.0. The molecule has 0 spiro atoms.